The lowest BCUT2D eigenvalue weighted by Gasteiger charge is -2.36. The van der Waals surface area contributed by atoms with Gasteiger partial charge in [0.05, 0.1) is 4.90 Å². The third kappa shape index (κ3) is 4.96. The van der Waals surface area contributed by atoms with Crippen molar-refractivity contribution in [3.63, 3.8) is 0 Å². The van der Waals surface area contributed by atoms with Crippen molar-refractivity contribution in [3.05, 3.63) is 102 Å². The van der Waals surface area contributed by atoms with E-state index in [-0.39, 0.29) is 4.90 Å². The van der Waals surface area contributed by atoms with E-state index in [0.717, 1.165) is 32.4 Å². The van der Waals surface area contributed by atoms with Gasteiger partial charge in [-0.3, -0.25) is 0 Å². The molecule has 1 fully saturated rings. The summed E-state index contributed by atoms with van der Waals surface area (Å²) in [6.45, 7) is 2.62. The summed E-state index contributed by atoms with van der Waals surface area (Å²) in [6.07, 6.45) is 3.73. The normalized spacial score (nSPS) is 17.7. The quantitative estimate of drug-likeness (QED) is 0.546. The third-order valence-corrected chi connectivity index (χ3v) is 8.96. The van der Waals surface area contributed by atoms with Gasteiger partial charge in [-0.2, -0.15) is 0 Å². The average Bonchev–Trinajstić information content (AvgIpc) is 2.85. The molecule has 0 bridgehead atoms. The van der Waals surface area contributed by atoms with Gasteiger partial charge in [0.15, 0.2) is 4.87 Å². The number of hydrogen-bond donors (Lipinski definition) is 1. The number of hydrogen-bond acceptors (Lipinski definition) is 4. The molecule has 5 heteroatoms. The molecule has 1 atom stereocenters. The van der Waals surface area contributed by atoms with Gasteiger partial charge in [-0.05, 0) is 68.0 Å². The molecule has 1 saturated heterocycles. The topological polar surface area (TPSA) is 63.4 Å². The van der Waals surface area contributed by atoms with Crippen molar-refractivity contribution >= 4 is 9.84 Å². The predicted molar refractivity (Wildman–Crippen MR) is 130 cm³/mol. The fourth-order valence-electron chi connectivity index (χ4n) is 4.65. The molecule has 4 nitrogen and oxygen atoms in total. The third-order valence-electron chi connectivity index (χ3n) is 6.67. The molecule has 0 radical (unpaired) electrons. The highest BCUT2D eigenvalue weighted by Crippen LogP contribution is 2.34. The van der Waals surface area contributed by atoms with Crippen LogP contribution in [0.2, 0.25) is 0 Å². The second-order valence-corrected chi connectivity index (χ2v) is 11.0. The first kappa shape index (κ1) is 22.7. The number of rotatable bonds is 8. The molecular formula is C27H32N2O2S. The molecule has 4 rings (SSSR count). The Hall–Kier alpha value is -2.47. The van der Waals surface area contributed by atoms with Gasteiger partial charge in [-0.15, -0.1) is 0 Å². The minimum Gasteiger partial charge on any atom is -0.308 e. The van der Waals surface area contributed by atoms with Crippen molar-refractivity contribution in [1.29, 1.82) is 0 Å². The van der Waals surface area contributed by atoms with Crippen molar-refractivity contribution in [2.24, 2.45) is 11.7 Å². The van der Waals surface area contributed by atoms with Crippen LogP contribution in [0.3, 0.4) is 0 Å². The molecule has 32 heavy (non-hydrogen) atoms. The fourth-order valence-corrected chi connectivity index (χ4v) is 6.39. The van der Waals surface area contributed by atoms with E-state index in [1.54, 1.807) is 24.3 Å². The van der Waals surface area contributed by atoms with Crippen LogP contribution in [0, 0.1) is 5.92 Å². The molecule has 3 aromatic rings. The molecule has 0 spiro atoms. The summed E-state index contributed by atoms with van der Waals surface area (Å²) in [7, 11) is -3.75. The van der Waals surface area contributed by atoms with E-state index in [1.807, 2.05) is 36.4 Å². The smallest absolute Gasteiger partial charge is 0.201 e. The van der Waals surface area contributed by atoms with E-state index in [2.05, 4.69) is 35.2 Å². The van der Waals surface area contributed by atoms with E-state index < -0.39 is 14.7 Å². The maximum atomic E-state index is 13.6. The first-order chi connectivity index (χ1) is 15.5. The van der Waals surface area contributed by atoms with Crippen molar-refractivity contribution in [3.8, 4) is 0 Å². The lowest BCUT2D eigenvalue weighted by Crippen LogP contribution is -2.48. The zero-order valence-corrected chi connectivity index (χ0v) is 19.3. The Kier molecular flexibility index (Phi) is 7.09. The second-order valence-electron chi connectivity index (χ2n) is 8.80. The molecule has 0 aromatic heterocycles. The van der Waals surface area contributed by atoms with Gasteiger partial charge in [-0.25, -0.2) is 8.42 Å². The lowest BCUT2D eigenvalue weighted by atomic mass is 9.90. The first-order valence-corrected chi connectivity index (χ1v) is 12.9. The molecule has 0 saturated carbocycles. The van der Waals surface area contributed by atoms with E-state index >= 15 is 0 Å². The Labute approximate surface area is 192 Å². The molecule has 1 unspecified atom stereocenters. The highest BCUT2D eigenvalue weighted by molar-refractivity contribution is 7.92. The molecule has 3 aromatic carbocycles. The number of nitrogens with zero attached hydrogens (tertiary/aromatic N) is 1. The Morgan fingerprint density at radius 3 is 1.94 bits per heavy atom. The van der Waals surface area contributed by atoms with Gasteiger partial charge < -0.3 is 10.6 Å². The van der Waals surface area contributed by atoms with Crippen LogP contribution in [-0.2, 0) is 21.1 Å². The number of benzene rings is 3. The van der Waals surface area contributed by atoms with Gasteiger partial charge in [0.2, 0.25) is 9.84 Å². The largest absolute Gasteiger partial charge is 0.308 e. The second kappa shape index (κ2) is 9.99. The van der Waals surface area contributed by atoms with Gasteiger partial charge >= 0.3 is 0 Å². The van der Waals surface area contributed by atoms with E-state index in [4.69, 9.17) is 5.73 Å². The Morgan fingerprint density at radius 1 is 0.812 bits per heavy atom. The van der Waals surface area contributed by atoms with Crippen LogP contribution >= 0.6 is 0 Å². The number of sulfone groups is 1. The van der Waals surface area contributed by atoms with Gasteiger partial charge in [0, 0.05) is 6.54 Å². The summed E-state index contributed by atoms with van der Waals surface area (Å²) in [5, 5.41) is 0. The van der Waals surface area contributed by atoms with Crippen LogP contribution in [0.1, 0.15) is 30.4 Å². The first-order valence-electron chi connectivity index (χ1n) is 11.4. The molecule has 168 valence electrons. The summed E-state index contributed by atoms with van der Waals surface area (Å²) in [5.41, 5.74) is 8.80. The molecular weight excluding hydrogens is 416 g/mol. The van der Waals surface area contributed by atoms with E-state index in [9.17, 15) is 8.42 Å². The van der Waals surface area contributed by atoms with Crippen molar-refractivity contribution in [2.45, 2.75) is 35.4 Å². The number of piperidine rings is 1. The standard InChI is InChI=1S/C27H32N2O2S/c28-27(25-12-6-2-7-13-25,32(30,31)26-14-8-3-9-15-26)18-21-29-19-16-24(17-20-29)22-23-10-4-1-5-11-23/h1-15,24H,16-22,28H2. The fraction of sp³-hybridized carbons (Fsp3) is 0.333. The Bertz CT molecular complexity index is 1080. The van der Waals surface area contributed by atoms with Gasteiger partial charge in [0.1, 0.15) is 0 Å². The van der Waals surface area contributed by atoms with E-state index in [0.29, 0.717) is 24.4 Å². The van der Waals surface area contributed by atoms with Crippen LogP contribution in [0.5, 0.6) is 0 Å². The van der Waals surface area contributed by atoms with Gasteiger partial charge in [-0.1, -0.05) is 78.9 Å². The van der Waals surface area contributed by atoms with Crippen molar-refractivity contribution in [2.75, 3.05) is 19.6 Å². The van der Waals surface area contributed by atoms with Gasteiger partial charge in [0.25, 0.3) is 0 Å². The highest BCUT2D eigenvalue weighted by Gasteiger charge is 2.42. The van der Waals surface area contributed by atoms with Crippen LogP contribution in [0.15, 0.2) is 95.9 Å². The number of likely N-dealkylation sites (tertiary alicyclic amines) is 1. The lowest BCUT2D eigenvalue weighted by molar-refractivity contribution is 0.176. The van der Waals surface area contributed by atoms with Crippen molar-refractivity contribution in [1.82, 2.24) is 4.90 Å². The molecule has 0 aliphatic carbocycles. The van der Waals surface area contributed by atoms with Crippen LogP contribution in [0.4, 0.5) is 0 Å². The monoisotopic (exact) mass is 448 g/mol. The summed E-state index contributed by atoms with van der Waals surface area (Å²) >= 11 is 0. The highest BCUT2D eigenvalue weighted by atomic mass is 32.2. The van der Waals surface area contributed by atoms with Crippen LogP contribution < -0.4 is 5.73 Å². The predicted octanol–water partition coefficient (Wildman–Crippen LogP) is 4.62. The molecule has 2 N–H and O–H groups in total. The zero-order valence-electron chi connectivity index (χ0n) is 18.4. The number of nitrogens with two attached hydrogens (primary N) is 1. The summed E-state index contributed by atoms with van der Waals surface area (Å²) in [6, 6.07) is 28.5. The SMILES string of the molecule is NC(CCN1CCC(Cc2ccccc2)CC1)(c1ccccc1)S(=O)(=O)c1ccccc1. The average molecular weight is 449 g/mol. The Morgan fingerprint density at radius 2 is 1.34 bits per heavy atom. The minimum absolute atomic E-state index is 0.271. The molecule has 0 amide bonds. The maximum absolute atomic E-state index is 13.6. The summed E-state index contributed by atoms with van der Waals surface area (Å²) in [4.78, 5) is 1.18. The van der Waals surface area contributed by atoms with E-state index in [1.165, 1.54) is 5.56 Å². The zero-order chi connectivity index (χ0) is 22.4. The molecule has 1 heterocycles. The molecule has 1 aliphatic heterocycles. The summed E-state index contributed by atoms with van der Waals surface area (Å²) < 4.78 is 27.3. The minimum atomic E-state index is -3.75. The van der Waals surface area contributed by atoms with Crippen molar-refractivity contribution < 1.29 is 8.42 Å². The van der Waals surface area contributed by atoms with Crippen LogP contribution in [0.25, 0.3) is 0 Å². The molecule has 1 aliphatic rings. The Balaban J connectivity index is 1.45. The maximum Gasteiger partial charge on any atom is 0.201 e. The summed E-state index contributed by atoms with van der Waals surface area (Å²) in [5.74, 6) is 0.679. The van der Waals surface area contributed by atoms with Crippen LogP contribution in [-0.4, -0.2) is 33.0 Å².